The minimum atomic E-state index is -4.54. The van der Waals surface area contributed by atoms with Gasteiger partial charge in [0, 0.05) is 17.3 Å². The van der Waals surface area contributed by atoms with Crippen LogP contribution in [0.15, 0.2) is 54.0 Å². The Morgan fingerprint density at radius 1 is 1.16 bits per heavy atom. The van der Waals surface area contributed by atoms with E-state index < -0.39 is 17.6 Å². The lowest BCUT2D eigenvalue weighted by Crippen LogP contribution is -2.18. The molecule has 4 aromatic rings. The molecule has 3 aromatic heterocycles. The van der Waals surface area contributed by atoms with Crippen molar-refractivity contribution in [2.24, 2.45) is 0 Å². The third kappa shape index (κ3) is 4.70. The van der Waals surface area contributed by atoms with Gasteiger partial charge in [0.2, 0.25) is 5.91 Å². The van der Waals surface area contributed by atoms with E-state index in [0.29, 0.717) is 27.8 Å². The van der Waals surface area contributed by atoms with E-state index in [1.54, 1.807) is 37.6 Å². The molecule has 1 amide bonds. The summed E-state index contributed by atoms with van der Waals surface area (Å²) in [5.41, 5.74) is 2.16. The van der Waals surface area contributed by atoms with Crippen LogP contribution in [0.2, 0.25) is 0 Å². The fraction of sp³-hybridized carbons (Fsp3) is 0.182. The molecule has 0 atom stereocenters. The Bertz CT molecular complexity index is 1260. The highest BCUT2D eigenvalue weighted by atomic mass is 32.1. The zero-order chi connectivity index (χ0) is 22.9. The Morgan fingerprint density at radius 3 is 2.62 bits per heavy atom. The van der Waals surface area contributed by atoms with Gasteiger partial charge in [0.15, 0.2) is 0 Å². The maximum Gasteiger partial charge on any atom is 0.416 e. The molecule has 1 N–H and O–H groups in total. The van der Waals surface area contributed by atoms with E-state index in [1.807, 2.05) is 12.1 Å². The molecule has 4 rings (SSSR count). The molecule has 164 valence electrons. The van der Waals surface area contributed by atoms with Gasteiger partial charge in [-0.05, 0) is 50.2 Å². The average Bonchev–Trinajstić information content (AvgIpc) is 3.33. The third-order valence-corrected chi connectivity index (χ3v) is 5.53. The van der Waals surface area contributed by atoms with Gasteiger partial charge in [-0.2, -0.15) is 18.3 Å². The van der Waals surface area contributed by atoms with Crippen molar-refractivity contribution in [3.63, 3.8) is 0 Å². The second-order valence-electron chi connectivity index (χ2n) is 7.15. The predicted molar refractivity (Wildman–Crippen MR) is 116 cm³/mol. The summed E-state index contributed by atoms with van der Waals surface area (Å²) in [4.78, 5) is 21.3. The monoisotopic (exact) mass is 457 g/mol. The second-order valence-corrected chi connectivity index (χ2v) is 8.01. The summed E-state index contributed by atoms with van der Waals surface area (Å²) >= 11 is 1.34. The summed E-state index contributed by atoms with van der Waals surface area (Å²) in [6.45, 7) is 3.57. The highest BCUT2D eigenvalue weighted by Crippen LogP contribution is 2.34. The van der Waals surface area contributed by atoms with E-state index in [4.69, 9.17) is 0 Å². The van der Waals surface area contributed by atoms with Gasteiger partial charge >= 0.3 is 6.18 Å². The molecule has 0 aliphatic carbocycles. The highest BCUT2D eigenvalue weighted by Gasteiger charge is 2.31. The number of amides is 1. The van der Waals surface area contributed by atoms with Crippen molar-refractivity contribution in [1.29, 1.82) is 0 Å². The van der Waals surface area contributed by atoms with Gasteiger partial charge in [0.05, 0.1) is 40.4 Å². The first-order chi connectivity index (χ1) is 15.2. The number of nitrogens with zero attached hydrogens (tertiary/aromatic N) is 4. The molecule has 0 unspecified atom stereocenters. The van der Waals surface area contributed by atoms with Crippen molar-refractivity contribution in [1.82, 2.24) is 19.7 Å². The Kier molecular flexibility index (Phi) is 5.79. The molecule has 0 aliphatic heterocycles. The van der Waals surface area contributed by atoms with Crippen molar-refractivity contribution >= 4 is 22.9 Å². The first kappa shape index (κ1) is 21.7. The lowest BCUT2D eigenvalue weighted by atomic mass is 10.1. The van der Waals surface area contributed by atoms with Gasteiger partial charge in [-0.3, -0.25) is 9.78 Å². The smallest absolute Gasteiger partial charge is 0.324 e. The number of halogens is 3. The SMILES string of the molecule is Cc1cc(C)n(-c2ccc(C(F)(F)F)cc2NC(=O)Cc2csc(-c3ccccn3)n2)n1. The van der Waals surface area contributed by atoms with E-state index in [0.717, 1.165) is 17.8 Å². The third-order valence-electron chi connectivity index (χ3n) is 4.61. The minimum absolute atomic E-state index is 0.0243. The first-order valence-corrected chi connectivity index (χ1v) is 10.5. The van der Waals surface area contributed by atoms with Crippen LogP contribution in [0, 0.1) is 13.8 Å². The van der Waals surface area contributed by atoms with Crippen LogP contribution >= 0.6 is 11.3 Å². The van der Waals surface area contributed by atoms with Gasteiger partial charge in [-0.25, -0.2) is 9.67 Å². The number of rotatable bonds is 5. The van der Waals surface area contributed by atoms with E-state index in [-0.39, 0.29) is 12.1 Å². The normalized spacial score (nSPS) is 11.5. The van der Waals surface area contributed by atoms with Gasteiger partial charge in [-0.1, -0.05) is 6.07 Å². The average molecular weight is 457 g/mol. The van der Waals surface area contributed by atoms with Crippen LogP contribution in [0.1, 0.15) is 22.6 Å². The number of nitrogens with one attached hydrogen (secondary N) is 1. The number of benzene rings is 1. The fourth-order valence-electron chi connectivity index (χ4n) is 3.22. The number of pyridine rings is 1. The summed E-state index contributed by atoms with van der Waals surface area (Å²) in [6, 6.07) is 10.4. The zero-order valence-corrected chi connectivity index (χ0v) is 18.0. The molecule has 0 fully saturated rings. The number of carbonyl (C=O) groups is 1. The number of carbonyl (C=O) groups excluding carboxylic acids is 1. The van der Waals surface area contributed by atoms with Gasteiger partial charge in [0.1, 0.15) is 5.01 Å². The number of alkyl halides is 3. The van der Waals surface area contributed by atoms with Crippen LogP contribution in [-0.4, -0.2) is 25.7 Å². The number of aryl methyl sites for hydroxylation is 2. The molecule has 10 heteroatoms. The van der Waals surface area contributed by atoms with E-state index in [9.17, 15) is 18.0 Å². The van der Waals surface area contributed by atoms with E-state index in [1.165, 1.54) is 22.1 Å². The number of anilines is 1. The van der Waals surface area contributed by atoms with Crippen LogP contribution in [0.25, 0.3) is 16.4 Å². The van der Waals surface area contributed by atoms with E-state index in [2.05, 4.69) is 20.4 Å². The number of hydrogen-bond donors (Lipinski definition) is 1. The Morgan fingerprint density at radius 2 is 1.97 bits per heavy atom. The molecule has 0 aliphatic rings. The van der Waals surface area contributed by atoms with Crippen LogP contribution in [0.5, 0.6) is 0 Å². The highest BCUT2D eigenvalue weighted by molar-refractivity contribution is 7.13. The van der Waals surface area contributed by atoms with E-state index >= 15 is 0 Å². The lowest BCUT2D eigenvalue weighted by Gasteiger charge is -2.15. The fourth-order valence-corrected chi connectivity index (χ4v) is 4.02. The quantitative estimate of drug-likeness (QED) is 0.447. The van der Waals surface area contributed by atoms with Crippen molar-refractivity contribution in [3.05, 3.63) is 76.7 Å². The maximum atomic E-state index is 13.3. The standard InChI is InChI=1S/C22H18F3N5OS/c1-13-9-14(2)30(29-13)19-7-6-15(22(23,24)25)10-18(19)28-20(31)11-16-12-32-21(27-16)17-5-3-4-8-26-17/h3-10,12H,11H2,1-2H3,(H,28,31). The molecule has 0 bridgehead atoms. The number of hydrogen-bond acceptors (Lipinski definition) is 5. The lowest BCUT2D eigenvalue weighted by molar-refractivity contribution is -0.137. The summed E-state index contributed by atoms with van der Waals surface area (Å²) < 4.78 is 41.4. The molecule has 0 radical (unpaired) electrons. The number of thiazole rings is 1. The molecule has 3 heterocycles. The largest absolute Gasteiger partial charge is 0.416 e. The maximum absolute atomic E-state index is 13.3. The molecule has 0 saturated heterocycles. The predicted octanol–water partition coefficient (Wildman–Crippen LogP) is 5.21. The second kappa shape index (κ2) is 8.54. The number of aromatic nitrogens is 4. The molecule has 0 saturated carbocycles. The van der Waals surface area contributed by atoms with Gasteiger partial charge < -0.3 is 5.32 Å². The first-order valence-electron chi connectivity index (χ1n) is 9.61. The molecule has 32 heavy (non-hydrogen) atoms. The van der Waals surface area contributed by atoms with Crippen molar-refractivity contribution in [2.75, 3.05) is 5.32 Å². The molecule has 6 nitrogen and oxygen atoms in total. The molecular weight excluding hydrogens is 439 g/mol. The Balaban J connectivity index is 1.60. The van der Waals surface area contributed by atoms with Crippen LogP contribution in [0.3, 0.4) is 0 Å². The summed E-state index contributed by atoms with van der Waals surface area (Å²) in [7, 11) is 0. The minimum Gasteiger partial charge on any atom is -0.324 e. The van der Waals surface area contributed by atoms with Crippen molar-refractivity contribution in [3.8, 4) is 16.4 Å². The Labute approximate surface area is 185 Å². The van der Waals surface area contributed by atoms with Crippen molar-refractivity contribution < 1.29 is 18.0 Å². The van der Waals surface area contributed by atoms with Gasteiger partial charge in [-0.15, -0.1) is 11.3 Å². The Hall–Kier alpha value is -3.53. The topological polar surface area (TPSA) is 72.7 Å². The molecular formula is C22H18F3N5OS. The van der Waals surface area contributed by atoms with Crippen LogP contribution in [0.4, 0.5) is 18.9 Å². The van der Waals surface area contributed by atoms with Crippen molar-refractivity contribution in [2.45, 2.75) is 26.4 Å². The van der Waals surface area contributed by atoms with Gasteiger partial charge in [0.25, 0.3) is 0 Å². The zero-order valence-electron chi connectivity index (χ0n) is 17.1. The van der Waals surface area contributed by atoms with Crippen LogP contribution in [-0.2, 0) is 17.4 Å². The van der Waals surface area contributed by atoms with Crippen LogP contribution < -0.4 is 5.32 Å². The molecule has 0 spiro atoms. The summed E-state index contributed by atoms with van der Waals surface area (Å²) in [5.74, 6) is -0.482. The summed E-state index contributed by atoms with van der Waals surface area (Å²) in [6.07, 6.45) is -2.98. The summed E-state index contributed by atoms with van der Waals surface area (Å²) in [5, 5.41) is 9.33. The molecule has 1 aromatic carbocycles.